The molecule has 4 rings (SSSR count). The smallest absolute Gasteiger partial charge is 0.336 e. The number of nitrogens with zero attached hydrogens (tertiary/aromatic N) is 1. The van der Waals surface area contributed by atoms with Crippen LogP contribution in [0.1, 0.15) is 29.5 Å². The van der Waals surface area contributed by atoms with Crippen molar-refractivity contribution in [2.24, 2.45) is 0 Å². The van der Waals surface area contributed by atoms with Gasteiger partial charge < -0.3 is 9.73 Å². The van der Waals surface area contributed by atoms with Crippen molar-refractivity contribution in [1.29, 1.82) is 0 Å². The Balaban J connectivity index is 1.38. The van der Waals surface area contributed by atoms with Gasteiger partial charge in [0.2, 0.25) is 0 Å². The Morgan fingerprint density at radius 3 is 2.64 bits per heavy atom. The maximum absolute atomic E-state index is 11.9. The quantitative estimate of drug-likeness (QED) is 0.644. The Kier molecular flexibility index (Phi) is 5.81. The molecule has 0 bridgehead atoms. The van der Waals surface area contributed by atoms with Crippen LogP contribution in [-0.4, -0.2) is 24.0 Å². The van der Waals surface area contributed by atoms with Crippen molar-refractivity contribution in [2.75, 3.05) is 13.1 Å². The van der Waals surface area contributed by atoms with E-state index in [0.29, 0.717) is 23.2 Å². The summed E-state index contributed by atoms with van der Waals surface area (Å²) in [6.45, 7) is 5.72. The third-order valence-corrected chi connectivity index (χ3v) is 5.93. The molecule has 0 radical (unpaired) electrons. The van der Waals surface area contributed by atoms with Gasteiger partial charge in [0.05, 0.1) is 0 Å². The summed E-state index contributed by atoms with van der Waals surface area (Å²) in [5.41, 5.74) is 3.50. The fourth-order valence-corrected chi connectivity index (χ4v) is 4.05. The fraction of sp³-hybridized carbons (Fsp3) is 0.348. The molecule has 1 N–H and O–H groups in total. The second kappa shape index (κ2) is 8.48. The Labute approximate surface area is 170 Å². The van der Waals surface area contributed by atoms with Crippen LogP contribution in [0.3, 0.4) is 0 Å². The Bertz CT molecular complexity index is 1010. The van der Waals surface area contributed by atoms with Crippen molar-refractivity contribution < 1.29 is 4.42 Å². The molecule has 4 nitrogen and oxygen atoms in total. The number of benzene rings is 2. The molecular formula is C23H25ClN2O2. The van der Waals surface area contributed by atoms with Crippen LogP contribution >= 0.6 is 11.6 Å². The molecule has 146 valence electrons. The van der Waals surface area contributed by atoms with Gasteiger partial charge >= 0.3 is 5.63 Å². The lowest BCUT2D eigenvalue weighted by atomic mass is 10.0. The molecular weight excluding hydrogens is 372 g/mol. The van der Waals surface area contributed by atoms with Crippen LogP contribution in [0.4, 0.5) is 0 Å². The van der Waals surface area contributed by atoms with Gasteiger partial charge in [-0.05, 0) is 61.7 Å². The summed E-state index contributed by atoms with van der Waals surface area (Å²) >= 11 is 6.29. The minimum Gasteiger partial charge on any atom is -0.423 e. The van der Waals surface area contributed by atoms with Gasteiger partial charge in [-0.3, -0.25) is 4.90 Å². The summed E-state index contributed by atoms with van der Waals surface area (Å²) in [4.78, 5) is 14.4. The molecule has 1 fully saturated rings. The molecule has 0 aliphatic carbocycles. The molecule has 0 unspecified atom stereocenters. The topological polar surface area (TPSA) is 45.5 Å². The zero-order valence-corrected chi connectivity index (χ0v) is 16.8. The van der Waals surface area contributed by atoms with E-state index >= 15 is 0 Å². The monoisotopic (exact) mass is 396 g/mol. The highest BCUT2D eigenvalue weighted by atomic mass is 35.5. The van der Waals surface area contributed by atoms with Gasteiger partial charge in [0.15, 0.2) is 0 Å². The van der Waals surface area contributed by atoms with Crippen molar-refractivity contribution in [1.82, 2.24) is 10.2 Å². The first-order chi connectivity index (χ1) is 13.6. The van der Waals surface area contributed by atoms with E-state index in [1.807, 2.05) is 19.1 Å². The van der Waals surface area contributed by atoms with Gasteiger partial charge in [-0.1, -0.05) is 41.9 Å². The molecule has 0 saturated carbocycles. The van der Waals surface area contributed by atoms with Crippen molar-refractivity contribution in [3.63, 3.8) is 0 Å². The van der Waals surface area contributed by atoms with Crippen LogP contribution in [0.15, 0.2) is 57.7 Å². The standard InChI is InChI=1S/C23H25ClN2O2/c1-16-11-22-20(13-21(16)24)18(12-23(27)28-22)14-25-19-7-9-26(10-8-19)15-17-5-3-2-4-6-17/h2-6,11-13,19,25H,7-10,14-15H2,1H3. The van der Waals surface area contributed by atoms with Gasteiger partial charge in [0.1, 0.15) is 5.58 Å². The van der Waals surface area contributed by atoms with E-state index in [0.717, 1.165) is 49.0 Å². The molecule has 0 amide bonds. The summed E-state index contributed by atoms with van der Waals surface area (Å²) in [7, 11) is 0. The molecule has 28 heavy (non-hydrogen) atoms. The van der Waals surface area contributed by atoms with E-state index in [2.05, 4.69) is 40.5 Å². The molecule has 3 aromatic rings. The van der Waals surface area contributed by atoms with E-state index in [4.69, 9.17) is 16.0 Å². The molecule has 0 spiro atoms. The van der Waals surface area contributed by atoms with Crippen LogP contribution in [0.5, 0.6) is 0 Å². The fourth-order valence-electron chi connectivity index (χ4n) is 3.89. The zero-order valence-electron chi connectivity index (χ0n) is 16.1. The Morgan fingerprint density at radius 1 is 1.14 bits per heavy atom. The number of nitrogens with one attached hydrogen (secondary N) is 1. The van der Waals surface area contributed by atoms with E-state index in [1.54, 1.807) is 6.07 Å². The third-order valence-electron chi connectivity index (χ3n) is 5.53. The lowest BCUT2D eigenvalue weighted by molar-refractivity contribution is 0.190. The molecule has 1 aliphatic rings. The normalized spacial score (nSPS) is 15.9. The third kappa shape index (κ3) is 4.46. The lowest BCUT2D eigenvalue weighted by Crippen LogP contribution is -2.41. The number of rotatable bonds is 5. The van der Waals surface area contributed by atoms with Crippen LogP contribution in [0.2, 0.25) is 5.02 Å². The first-order valence-corrected chi connectivity index (χ1v) is 10.2. The molecule has 1 saturated heterocycles. The second-order valence-corrected chi connectivity index (χ2v) is 8.01. The minimum atomic E-state index is -0.316. The largest absolute Gasteiger partial charge is 0.423 e. The van der Waals surface area contributed by atoms with E-state index in [9.17, 15) is 4.79 Å². The number of halogens is 1. The highest BCUT2D eigenvalue weighted by Gasteiger charge is 2.19. The summed E-state index contributed by atoms with van der Waals surface area (Å²) in [6, 6.07) is 16.4. The minimum absolute atomic E-state index is 0.316. The Morgan fingerprint density at radius 2 is 1.89 bits per heavy atom. The van der Waals surface area contributed by atoms with Gasteiger partial charge in [-0.15, -0.1) is 0 Å². The highest BCUT2D eigenvalue weighted by Crippen LogP contribution is 2.25. The summed E-state index contributed by atoms with van der Waals surface area (Å²) in [6.07, 6.45) is 2.21. The number of fused-ring (bicyclic) bond motifs is 1. The first kappa shape index (κ1) is 19.2. The van der Waals surface area contributed by atoms with Crippen LogP contribution in [0.25, 0.3) is 11.0 Å². The van der Waals surface area contributed by atoms with Crippen molar-refractivity contribution in [3.8, 4) is 0 Å². The van der Waals surface area contributed by atoms with Crippen LogP contribution in [0, 0.1) is 6.92 Å². The molecule has 2 heterocycles. The van der Waals surface area contributed by atoms with Crippen LogP contribution < -0.4 is 10.9 Å². The number of hydrogen-bond donors (Lipinski definition) is 1. The zero-order chi connectivity index (χ0) is 19.5. The first-order valence-electron chi connectivity index (χ1n) is 9.81. The van der Waals surface area contributed by atoms with E-state index in [1.165, 1.54) is 5.56 Å². The number of piperidine rings is 1. The van der Waals surface area contributed by atoms with Crippen molar-refractivity contribution in [2.45, 2.75) is 38.9 Å². The van der Waals surface area contributed by atoms with Crippen LogP contribution in [-0.2, 0) is 13.1 Å². The lowest BCUT2D eigenvalue weighted by Gasteiger charge is -2.32. The van der Waals surface area contributed by atoms with E-state index in [-0.39, 0.29) is 5.63 Å². The maximum atomic E-state index is 11.9. The number of aryl methyl sites for hydroxylation is 1. The summed E-state index contributed by atoms with van der Waals surface area (Å²) in [5.74, 6) is 0. The predicted molar refractivity (Wildman–Crippen MR) is 114 cm³/mol. The van der Waals surface area contributed by atoms with Crippen molar-refractivity contribution in [3.05, 3.63) is 80.7 Å². The summed E-state index contributed by atoms with van der Waals surface area (Å²) < 4.78 is 5.35. The molecule has 0 atom stereocenters. The van der Waals surface area contributed by atoms with Gasteiger partial charge in [-0.25, -0.2) is 4.79 Å². The molecule has 5 heteroatoms. The number of likely N-dealkylation sites (tertiary alicyclic amines) is 1. The number of hydrogen-bond acceptors (Lipinski definition) is 4. The average molecular weight is 397 g/mol. The molecule has 2 aromatic carbocycles. The molecule has 1 aliphatic heterocycles. The van der Waals surface area contributed by atoms with Gasteiger partial charge in [0, 0.05) is 35.6 Å². The highest BCUT2D eigenvalue weighted by molar-refractivity contribution is 6.32. The van der Waals surface area contributed by atoms with Crippen molar-refractivity contribution >= 4 is 22.6 Å². The maximum Gasteiger partial charge on any atom is 0.336 e. The van der Waals surface area contributed by atoms with Gasteiger partial charge in [0.25, 0.3) is 0 Å². The van der Waals surface area contributed by atoms with E-state index < -0.39 is 0 Å². The SMILES string of the molecule is Cc1cc2oc(=O)cc(CNC3CCN(Cc4ccccc4)CC3)c2cc1Cl. The second-order valence-electron chi connectivity index (χ2n) is 7.61. The average Bonchev–Trinajstić information content (AvgIpc) is 2.69. The Hall–Kier alpha value is -2.14. The molecule has 1 aromatic heterocycles. The summed E-state index contributed by atoms with van der Waals surface area (Å²) in [5, 5.41) is 5.22. The predicted octanol–water partition coefficient (Wildman–Crippen LogP) is 4.51. The van der Waals surface area contributed by atoms with Gasteiger partial charge in [-0.2, -0.15) is 0 Å².